The van der Waals surface area contributed by atoms with Gasteiger partial charge in [-0.25, -0.2) is 13.4 Å². The third-order valence-electron chi connectivity index (χ3n) is 6.83. The molecule has 2 aromatic heterocycles. The van der Waals surface area contributed by atoms with Crippen LogP contribution < -0.4 is 9.64 Å². The minimum absolute atomic E-state index is 0.0278. The van der Waals surface area contributed by atoms with E-state index in [-0.39, 0.29) is 35.0 Å². The molecule has 0 N–H and O–H groups in total. The van der Waals surface area contributed by atoms with Crippen molar-refractivity contribution < 1.29 is 22.4 Å². The van der Waals surface area contributed by atoms with Crippen LogP contribution in [0.4, 0.5) is 5.69 Å². The van der Waals surface area contributed by atoms with E-state index in [9.17, 15) is 13.2 Å². The average Bonchev–Trinajstić information content (AvgIpc) is 3.63. The van der Waals surface area contributed by atoms with Crippen LogP contribution in [0.15, 0.2) is 52.2 Å². The fraction of sp³-hybridized carbons (Fsp3) is 0.423. The first-order valence-corrected chi connectivity index (χ1v) is 13.8. The number of sulfonamides is 1. The van der Waals surface area contributed by atoms with E-state index in [0.29, 0.717) is 43.1 Å². The quantitative estimate of drug-likeness (QED) is 0.442. The second kappa shape index (κ2) is 10.1. The number of carbonyl (C=O) groups excluding carboxylic acids is 1. The van der Waals surface area contributed by atoms with Gasteiger partial charge < -0.3 is 19.0 Å². The lowest BCUT2D eigenvalue weighted by atomic mass is 10.1. The number of aromatic nitrogens is 2. The topological polar surface area (TPSA) is 109 Å². The Morgan fingerprint density at radius 3 is 2.46 bits per heavy atom. The lowest BCUT2D eigenvalue weighted by molar-refractivity contribution is 0.0740. The van der Waals surface area contributed by atoms with Crippen molar-refractivity contribution >= 4 is 21.6 Å². The maximum atomic E-state index is 13.7. The summed E-state index contributed by atoms with van der Waals surface area (Å²) in [7, 11) is -2.26. The van der Waals surface area contributed by atoms with Gasteiger partial charge in [0, 0.05) is 38.4 Å². The number of anilines is 1. The van der Waals surface area contributed by atoms with E-state index in [2.05, 4.69) is 14.9 Å². The highest BCUT2D eigenvalue weighted by Crippen LogP contribution is 2.36. The van der Waals surface area contributed by atoms with Crippen molar-refractivity contribution in [3.05, 3.63) is 65.6 Å². The van der Waals surface area contributed by atoms with Crippen molar-refractivity contribution in [2.45, 2.75) is 44.2 Å². The fourth-order valence-electron chi connectivity index (χ4n) is 4.81. The van der Waals surface area contributed by atoms with E-state index >= 15 is 0 Å². The number of oxazole rings is 1. The Balaban J connectivity index is 1.29. The molecule has 2 aliphatic rings. The summed E-state index contributed by atoms with van der Waals surface area (Å²) >= 11 is 0. The highest BCUT2D eigenvalue weighted by molar-refractivity contribution is 7.89. The number of methoxy groups -OCH3 is 1. The molecule has 1 saturated carbocycles. The fourth-order valence-corrected chi connectivity index (χ4v) is 6.86. The molecule has 11 heteroatoms. The molecular weight excluding hydrogens is 494 g/mol. The molecule has 1 aliphatic carbocycles. The third kappa shape index (κ3) is 5.19. The number of benzene rings is 1. The van der Waals surface area contributed by atoms with E-state index in [0.717, 1.165) is 18.5 Å². The molecule has 1 saturated heterocycles. The summed E-state index contributed by atoms with van der Waals surface area (Å²) < 4.78 is 39.8. The highest BCUT2D eigenvalue weighted by Gasteiger charge is 2.40. The van der Waals surface area contributed by atoms with Gasteiger partial charge in [0.15, 0.2) is 5.69 Å². The van der Waals surface area contributed by atoms with Crippen molar-refractivity contribution in [3.63, 3.8) is 0 Å². The Morgan fingerprint density at radius 2 is 1.86 bits per heavy atom. The molecule has 2 fully saturated rings. The Bertz CT molecular complexity index is 1360. The van der Waals surface area contributed by atoms with Crippen molar-refractivity contribution in [1.82, 2.24) is 19.2 Å². The summed E-state index contributed by atoms with van der Waals surface area (Å²) in [6.07, 6.45) is 6.44. The molecule has 0 bridgehead atoms. The van der Waals surface area contributed by atoms with E-state index in [1.807, 2.05) is 18.3 Å². The molecule has 3 heterocycles. The van der Waals surface area contributed by atoms with Gasteiger partial charge in [-0.3, -0.25) is 9.78 Å². The maximum absolute atomic E-state index is 13.7. The highest BCUT2D eigenvalue weighted by atomic mass is 32.2. The number of aryl methyl sites for hydroxylation is 2. The van der Waals surface area contributed by atoms with Gasteiger partial charge in [0.2, 0.25) is 15.9 Å². The molecule has 1 amide bonds. The van der Waals surface area contributed by atoms with Gasteiger partial charge in [-0.2, -0.15) is 4.31 Å². The van der Waals surface area contributed by atoms with Gasteiger partial charge in [0.1, 0.15) is 12.0 Å². The largest absolute Gasteiger partial charge is 0.497 e. The summed E-state index contributed by atoms with van der Waals surface area (Å²) in [5.41, 5.74) is 2.46. The summed E-state index contributed by atoms with van der Waals surface area (Å²) in [5, 5.41) is 0. The number of hydrogen-bond acceptors (Lipinski definition) is 8. The van der Waals surface area contributed by atoms with Gasteiger partial charge in [0.25, 0.3) is 5.91 Å². The molecule has 0 spiro atoms. The lowest BCUT2D eigenvalue weighted by Gasteiger charge is -2.35. The van der Waals surface area contributed by atoms with Crippen molar-refractivity contribution in [1.29, 1.82) is 0 Å². The van der Waals surface area contributed by atoms with Crippen LogP contribution in [0.25, 0.3) is 0 Å². The van der Waals surface area contributed by atoms with Gasteiger partial charge in [-0.15, -0.1) is 0 Å². The molecule has 1 aromatic carbocycles. The molecule has 196 valence electrons. The van der Waals surface area contributed by atoms with E-state index in [1.165, 1.54) is 10.6 Å². The molecule has 0 unspecified atom stereocenters. The lowest BCUT2D eigenvalue weighted by Crippen LogP contribution is -2.48. The predicted molar refractivity (Wildman–Crippen MR) is 137 cm³/mol. The van der Waals surface area contributed by atoms with Gasteiger partial charge in [-0.1, -0.05) is 0 Å². The number of pyridine rings is 1. The molecule has 5 rings (SSSR count). The summed E-state index contributed by atoms with van der Waals surface area (Å²) in [4.78, 5) is 25.8. The standard InChI is InChI=1S/C26H31N5O5S/c1-18-13-22(35-3)14-19(2)25(18)37(33,34)31(20-6-7-20)16-24-28-23(17-36-24)26(32)30-11-9-29(10-12-30)21-5-4-8-27-15-21/h4-5,8,13-15,17,20H,6-7,9-12,16H2,1-3H3. The van der Waals surface area contributed by atoms with Crippen molar-refractivity contribution in [2.24, 2.45) is 0 Å². The first kappa shape index (κ1) is 25.2. The minimum atomic E-state index is -3.81. The first-order chi connectivity index (χ1) is 17.8. The van der Waals surface area contributed by atoms with Crippen LogP contribution in [0, 0.1) is 13.8 Å². The molecule has 0 atom stereocenters. The first-order valence-electron chi connectivity index (χ1n) is 12.3. The van der Waals surface area contributed by atoms with E-state index < -0.39 is 10.0 Å². The van der Waals surface area contributed by atoms with Crippen LogP contribution in [0.1, 0.15) is 40.3 Å². The summed E-state index contributed by atoms with van der Waals surface area (Å²) in [5.74, 6) is 0.601. The number of hydrogen-bond donors (Lipinski definition) is 0. The minimum Gasteiger partial charge on any atom is -0.497 e. The van der Waals surface area contributed by atoms with Crippen LogP contribution >= 0.6 is 0 Å². The Labute approximate surface area is 216 Å². The second-order valence-electron chi connectivity index (χ2n) is 9.49. The molecule has 37 heavy (non-hydrogen) atoms. The average molecular weight is 526 g/mol. The zero-order valence-corrected chi connectivity index (χ0v) is 22.1. The van der Waals surface area contributed by atoms with Crippen LogP contribution in [-0.2, 0) is 16.6 Å². The number of carbonyl (C=O) groups is 1. The number of piperazine rings is 1. The SMILES string of the molecule is COc1cc(C)c(S(=O)(=O)N(Cc2nc(C(=O)N3CCN(c4cccnc4)CC3)co2)C2CC2)c(C)c1. The smallest absolute Gasteiger partial charge is 0.275 e. The third-order valence-corrected chi connectivity index (χ3v) is 9.03. The van der Waals surface area contributed by atoms with Crippen molar-refractivity contribution in [2.75, 3.05) is 38.2 Å². The Kier molecular flexibility index (Phi) is 6.91. The number of ether oxygens (including phenoxy) is 1. The number of amides is 1. The van der Waals surface area contributed by atoms with Gasteiger partial charge in [-0.05, 0) is 62.1 Å². The van der Waals surface area contributed by atoms with Crippen LogP contribution in [-0.4, -0.2) is 72.8 Å². The summed E-state index contributed by atoms with van der Waals surface area (Å²) in [6.45, 7) is 5.99. The second-order valence-corrected chi connectivity index (χ2v) is 11.3. The van der Waals surface area contributed by atoms with Crippen molar-refractivity contribution in [3.8, 4) is 5.75 Å². The van der Waals surface area contributed by atoms with Crippen LogP contribution in [0.3, 0.4) is 0 Å². The predicted octanol–water partition coefficient (Wildman–Crippen LogP) is 3.01. The maximum Gasteiger partial charge on any atom is 0.275 e. The van der Waals surface area contributed by atoms with Gasteiger partial charge >= 0.3 is 0 Å². The zero-order chi connectivity index (χ0) is 26.2. The molecule has 10 nitrogen and oxygen atoms in total. The van der Waals surface area contributed by atoms with Crippen LogP contribution in [0.5, 0.6) is 5.75 Å². The number of nitrogens with zero attached hydrogens (tertiary/aromatic N) is 5. The molecular formula is C26H31N5O5S. The molecule has 1 aliphatic heterocycles. The Morgan fingerprint density at radius 1 is 1.16 bits per heavy atom. The van der Waals surface area contributed by atoms with E-state index in [4.69, 9.17) is 9.15 Å². The number of rotatable bonds is 8. The van der Waals surface area contributed by atoms with Gasteiger partial charge in [0.05, 0.1) is 30.4 Å². The molecule has 3 aromatic rings. The van der Waals surface area contributed by atoms with Crippen LogP contribution in [0.2, 0.25) is 0 Å². The van der Waals surface area contributed by atoms with E-state index in [1.54, 1.807) is 44.2 Å². The Hall–Kier alpha value is -3.44. The zero-order valence-electron chi connectivity index (χ0n) is 21.3. The monoisotopic (exact) mass is 525 g/mol. The normalized spacial score (nSPS) is 16.3. The summed E-state index contributed by atoms with van der Waals surface area (Å²) in [6, 6.07) is 7.23. The molecule has 0 radical (unpaired) electrons.